The molecule has 8 nitrogen and oxygen atoms in total. The Morgan fingerprint density at radius 3 is 2.72 bits per heavy atom. The van der Waals surface area contributed by atoms with Gasteiger partial charge in [-0.3, -0.25) is 4.68 Å². The fourth-order valence-corrected chi connectivity index (χ4v) is 2.32. The highest BCUT2D eigenvalue weighted by Crippen LogP contribution is 2.08. The van der Waals surface area contributed by atoms with Crippen molar-refractivity contribution < 1.29 is 0 Å². The standard InChI is InChI=1S/C17H22N8/c1-3-18-17(20-11-16-21-13-23-24(16)2)19-9-14-10-22-25(12-14)15-7-5-4-6-8-15/h4-8,10,12-13H,3,9,11H2,1-2H3,(H2,18,19,20). The molecule has 2 N–H and O–H groups in total. The van der Waals surface area contributed by atoms with Gasteiger partial charge >= 0.3 is 0 Å². The highest BCUT2D eigenvalue weighted by Gasteiger charge is 2.04. The lowest BCUT2D eigenvalue weighted by Gasteiger charge is -2.10. The minimum Gasteiger partial charge on any atom is -0.357 e. The maximum absolute atomic E-state index is 4.60. The summed E-state index contributed by atoms with van der Waals surface area (Å²) < 4.78 is 3.59. The number of aromatic nitrogens is 5. The van der Waals surface area contributed by atoms with Crippen LogP contribution in [0.3, 0.4) is 0 Å². The van der Waals surface area contributed by atoms with Crippen molar-refractivity contribution in [3.05, 3.63) is 60.4 Å². The van der Waals surface area contributed by atoms with Gasteiger partial charge in [0, 0.05) is 25.4 Å². The number of hydrogen-bond acceptors (Lipinski definition) is 4. The summed E-state index contributed by atoms with van der Waals surface area (Å²) in [6, 6.07) is 10.0. The predicted octanol–water partition coefficient (Wildman–Crippen LogP) is 1.26. The summed E-state index contributed by atoms with van der Waals surface area (Å²) >= 11 is 0. The van der Waals surface area contributed by atoms with Crippen LogP contribution in [0.5, 0.6) is 0 Å². The smallest absolute Gasteiger partial charge is 0.191 e. The zero-order valence-corrected chi connectivity index (χ0v) is 14.4. The number of nitrogens with zero attached hydrogens (tertiary/aromatic N) is 6. The Morgan fingerprint density at radius 2 is 2.00 bits per heavy atom. The molecule has 2 aromatic heterocycles. The molecule has 130 valence electrons. The molecule has 0 bridgehead atoms. The van der Waals surface area contributed by atoms with Gasteiger partial charge in [0.15, 0.2) is 5.96 Å². The second-order valence-electron chi connectivity index (χ2n) is 5.48. The quantitative estimate of drug-likeness (QED) is 0.522. The van der Waals surface area contributed by atoms with Gasteiger partial charge in [-0.25, -0.2) is 14.7 Å². The zero-order valence-electron chi connectivity index (χ0n) is 14.4. The number of guanidine groups is 1. The lowest BCUT2D eigenvalue weighted by Crippen LogP contribution is -2.37. The number of aryl methyl sites for hydroxylation is 1. The van der Waals surface area contributed by atoms with Crippen molar-refractivity contribution in [2.45, 2.75) is 20.0 Å². The minimum atomic E-state index is 0.543. The Balaban J connectivity index is 1.63. The number of rotatable bonds is 6. The van der Waals surface area contributed by atoms with Crippen LogP contribution in [-0.2, 0) is 20.1 Å². The van der Waals surface area contributed by atoms with Crippen molar-refractivity contribution in [3.63, 3.8) is 0 Å². The topological polar surface area (TPSA) is 84.9 Å². The molecule has 1 aromatic carbocycles. The predicted molar refractivity (Wildman–Crippen MR) is 96.2 cm³/mol. The van der Waals surface area contributed by atoms with Crippen LogP contribution in [0.4, 0.5) is 0 Å². The van der Waals surface area contributed by atoms with Crippen LogP contribution in [0.2, 0.25) is 0 Å². The monoisotopic (exact) mass is 338 g/mol. The molecule has 0 saturated carbocycles. The number of para-hydroxylation sites is 1. The summed E-state index contributed by atoms with van der Waals surface area (Å²) in [6.07, 6.45) is 5.37. The summed E-state index contributed by atoms with van der Waals surface area (Å²) in [5.41, 5.74) is 2.07. The molecule has 0 spiro atoms. The molecular weight excluding hydrogens is 316 g/mol. The minimum absolute atomic E-state index is 0.543. The number of aliphatic imine (C=N–C) groups is 1. The van der Waals surface area contributed by atoms with Crippen LogP contribution < -0.4 is 10.6 Å². The van der Waals surface area contributed by atoms with Gasteiger partial charge in [-0.05, 0) is 19.1 Å². The van der Waals surface area contributed by atoms with E-state index in [4.69, 9.17) is 0 Å². The van der Waals surface area contributed by atoms with Gasteiger partial charge in [-0.1, -0.05) is 18.2 Å². The molecule has 0 aliphatic carbocycles. The van der Waals surface area contributed by atoms with E-state index in [2.05, 4.69) is 30.8 Å². The van der Waals surface area contributed by atoms with Gasteiger partial charge in [0.2, 0.25) is 0 Å². The van der Waals surface area contributed by atoms with E-state index < -0.39 is 0 Å². The number of hydrogen-bond donors (Lipinski definition) is 2. The van der Waals surface area contributed by atoms with Crippen molar-refractivity contribution in [2.75, 3.05) is 6.54 Å². The van der Waals surface area contributed by atoms with Gasteiger partial charge in [0.25, 0.3) is 0 Å². The third kappa shape index (κ3) is 4.43. The summed E-state index contributed by atoms with van der Waals surface area (Å²) in [5.74, 6) is 1.58. The Morgan fingerprint density at radius 1 is 1.16 bits per heavy atom. The van der Waals surface area contributed by atoms with E-state index in [0.717, 1.165) is 29.6 Å². The third-order valence-electron chi connectivity index (χ3n) is 3.64. The maximum atomic E-state index is 4.60. The van der Waals surface area contributed by atoms with Gasteiger partial charge in [0.1, 0.15) is 12.2 Å². The molecule has 0 unspecified atom stereocenters. The molecule has 3 rings (SSSR count). The summed E-state index contributed by atoms with van der Waals surface area (Å²) in [4.78, 5) is 8.80. The fourth-order valence-electron chi connectivity index (χ4n) is 2.32. The Kier molecular flexibility index (Phi) is 5.40. The average Bonchev–Trinajstić information content (AvgIpc) is 3.27. The van der Waals surface area contributed by atoms with Crippen molar-refractivity contribution in [3.8, 4) is 5.69 Å². The molecule has 0 fully saturated rings. The van der Waals surface area contributed by atoms with Crippen molar-refractivity contribution in [1.82, 2.24) is 35.2 Å². The largest absolute Gasteiger partial charge is 0.357 e. The zero-order chi connectivity index (χ0) is 17.5. The van der Waals surface area contributed by atoms with E-state index in [1.54, 1.807) is 11.0 Å². The van der Waals surface area contributed by atoms with Gasteiger partial charge in [-0.15, -0.1) is 0 Å². The second-order valence-corrected chi connectivity index (χ2v) is 5.48. The summed E-state index contributed by atoms with van der Waals surface area (Å²) in [7, 11) is 1.87. The maximum Gasteiger partial charge on any atom is 0.191 e. The fraction of sp³-hybridized carbons (Fsp3) is 0.294. The van der Waals surface area contributed by atoms with E-state index in [0.29, 0.717) is 13.1 Å². The van der Waals surface area contributed by atoms with Crippen molar-refractivity contribution >= 4 is 5.96 Å². The molecule has 25 heavy (non-hydrogen) atoms. The Bertz CT molecular complexity index is 818. The van der Waals surface area contributed by atoms with E-state index in [9.17, 15) is 0 Å². The van der Waals surface area contributed by atoms with Crippen molar-refractivity contribution in [1.29, 1.82) is 0 Å². The molecule has 8 heteroatoms. The first-order valence-corrected chi connectivity index (χ1v) is 8.20. The SMILES string of the molecule is CCNC(=NCc1cnn(-c2ccccc2)c1)NCc1ncnn1C. The van der Waals surface area contributed by atoms with E-state index in [1.807, 2.05) is 61.4 Å². The number of nitrogens with one attached hydrogen (secondary N) is 2. The van der Waals surface area contributed by atoms with Crippen LogP contribution in [0.1, 0.15) is 18.3 Å². The average molecular weight is 338 g/mol. The van der Waals surface area contributed by atoms with E-state index in [1.165, 1.54) is 0 Å². The van der Waals surface area contributed by atoms with Crippen LogP contribution >= 0.6 is 0 Å². The molecule has 0 atom stereocenters. The lowest BCUT2D eigenvalue weighted by molar-refractivity contribution is 0.673. The third-order valence-corrected chi connectivity index (χ3v) is 3.64. The Hall–Kier alpha value is -3.16. The van der Waals surface area contributed by atoms with Gasteiger partial charge < -0.3 is 10.6 Å². The normalized spacial score (nSPS) is 11.5. The summed E-state index contributed by atoms with van der Waals surface area (Å²) in [6.45, 7) is 3.92. The molecule has 3 aromatic rings. The van der Waals surface area contributed by atoms with Crippen molar-refractivity contribution in [2.24, 2.45) is 12.0 Å². The van der Waals surface area contributed by atoms with Gasteiger partial charge in [-0.2, -0.15) is 10.2 Å². The van der Waals surface area contributed by atoms with E-state index >= 15 is 0 Å². The molecule has 0 aliphatic rings. The first-order chi connectivity index (χ1) is 12.3. The highest BCUT2D eigenvalue weighted by atomic mass is 15.3. The lowest BCUT2D eigenvalue weighted by atomic mass is 10.3. The Labute approximate surface area is 146 Å². The molecule has 0 saturated heterocycles. The van der Waals surface area contributed by atoms with Crippen LogP contribution in [0.25, 0.3) is 5.69 Å². The second kappa shape index (κ2) is 8.09. The van der Waals surface area contributed by atoms with Crippen LogP contribution in [-0.4, -0.2) is 37.0 Å². The molecule has 2 heterocycles. The first kappa shape index (κ1) is 16.7. The number of benzene rings is 1. The molecule has 0 aliphatic heterocycles. The van der Waals surface area contributed by atoms with Crippen LogP contribution in [0, 0.1) is 0 Å². The molecule has 0 radical (unpaired) electrons. The first-order valence-electron chi connectivity index (χ1n) is 8.20. The summed E-state index contributed by atoms with van der Waals surface area (Å²) in [5, 5.41) is 14.9. The molecule has 0 amide bonds. The molecular formula is C17H22N8. The van der Waals surface area contributed by atoms with E-state index in [-0.39, 0.29) is 0 Å². The van der Waals surface area contributed by atoms with Gasteiger partial charge in [0.05, 0.1) is 25.0 Å². The highest BCUT2D eigenvalue weighted by molar-refractivity contribution is 5.79. The van der Waals surface area contributed by atoms with Crippen LogP contribution in [0.15, 0.2) is 54.0 Å².